The molecule has 0 radical (unpaired) electrons. The van der Waals surface area contributed by atoms with Crippen LogP contribution in [0.15, 0.2) is 34.3 Å². The summed E-state index contributed by atoms with van der Waals surface area (Å²) in [6, 6.07) is 0. The van der Waals surface area contributed by atoms with Crippen LogP contribution >= 0.6 is 0 Å². The van der Waals surface area contributed by atoms with Crippen molar-refractivity contribution in [1.82, 2.24) is 0 Å². The molecule has 0 aromatic heterocycles. The van der Waals surface area contributed by atoms with Crippen molar-refractivity contribution in [2.75, 3.05) is 0 Å². The molecule has 2 N–H and O–H groups in total. The Labute approximate surface area is 67.8 Å². The molecule has 0 aliphatic rings. The second-order valence-electron chi connectivity index (χ2n) is 2.39. The van der Waals surface area contributed by atoms with Crippen molar-refractivity contribution in [1.29, 1.82) is 0 Å². The molecule has 0 amide bonds. The number of hydrogen-bond acceptors (Lipinski definition) is 2. The molecule has 0 unspecified atom stereocenters. The highest BCUT2D eigenvalue weighted by molar-refractivity contribution is 5.79. The third-order valence-electron chi connectivity index (χ3n) is 1.33. The minimum absolute atomic E-state index is 0.769. The smallest absolute Gasteiger partial charge is 0.0783 e. The summed E-state index contributed by atoms with van der Waals surface area (Å²) in [5.74, 6) is 0. The van der Waals surface area contributed by atoms with Crippen LogP contribution in [0.3, 0.4) is 0 Å². The second kappa shape index (κ2) is 4.53. The van der Waals surface area contributed by atoms with Crippen LogP contribution in [0.2, 0.25) is 0 Å². The Morgan fingerprint density at radius 1 is 1.45 bits per heavy atom. The van der Waals surface area contributed by atoms with Crippen LogP contribution in [-0.2, 0) is 0 Å². The number of nitrogens with zero attached hydrogens (tertiary/aromatic N) is 1. The first-order chi connectivity index (χ1) is 5.07. The maximum absolute atomic E-state index is 5.51. The predicted octanol–water partition coefficient (Wildman–Crippen LogP) is 2.00. The first kappa shape index (κ1) is 9.73. The summed E-state index contributed by atoms with van der Waals surface area (Å²) < 4.78 is 0. The number of hydrogen-bond donors (Lipinski definition) is 1. The van der Waals surface area contributed by atoms with E-state index in [0.717, 1.165) is 17.0 Å². The van der Waals surface area contributed by atoms with E-state index in [4.69, 9.17) is 5.73 Å². The molecule has 0 aliphatic carbocycles. The van der Waals surface area contributed by atoms with E-state index in [0.29, 0.717) is 0 Å². The summed E-state index contributed by atoms with van der Waals surface area (Å²) in [7, 11) is 0. The summed E-state index contributed by atoms with van der Waals surface area (Å²) in [6.45, 7) is 9.05. The van der Waals surface area contributed by atoms with E-state index in [1.807, 2.05) is 20.8 Å². The highest BCUT2D eigenvalue weighted by Crippen LogP contribution is 1.95. The normalized spacial score (nSPS) is 12.6. The average molecular weight is 150 g/mol. The second-order valence-corrected chi connectivity index (χ2v) is 2.39. The Kier molecular flexibility index (Phi) is 4.01. The maximum Gasteiger partial charge on any atom is 0.0783 e. The fourth-order valence-electron chi connectivity index (χ4n) is 0.341. The average Bonchev–Trinajstić information content (AvgIpc) is 1.99. The van der Waals surface area contributed by atoms with Crippen LogP contribution in [-0.4, -0.2) is 6.21 Å². The van der Waals surface area contributed by atoms with Gasteiger partial charge in [0.1, 0.15) is 0 Å². The predicted molar refractivity (Wildman–Crippen MR) is 49.4 cm³/mol. The van der Waals surface area contributed by atoms with Crippen LogP contribution < -0.4 is 5.73 Å². The van der Waals surface area contributed by atoms with Crippen molar-refractivity contribution in [2.45, 2.75) is 20.8 Å². The number of allylic oxidation sites excluding steroid dienone is 3. The molecule has 0 aromatic carbocycles. The monoisotopic (exact) mass is 150 g/mol. The SMILES string of the molecule is C=C=C(C)N=C/C(C)=C(\C)N. The van der Waals surface area contributed by atoms with Gasteiger partial charge in [-0.25, -0.2) is 0 Å². The molecule has 2 nitrogen and oxygen atoms in total. The van der Waals surface area contributed by atoms with E-state index in [-0.39, 0.29) is 0 Å². The molecular weight excluding hydrogens is 136 g/mol. The summed E-state index contributed by atoms with van der Waals surface area (Å²) in [5, 5.41) is 0. The molecule has 0 aliphatic heterocycles. The fraction of sp³-hybridized carbons (Fsp3) is 0.333. The zero-order valence-electron chi connectivity index (χ0n) is 7.31. The van der Waals surface area contributed by atoms with Gasteiger partial charge in [-0.2, -0.15) is 0 Å². The van der Waals surface area contributed by atoms with Gasteiger partial charge in [0.15, 0.2) is 0 Å². The van der Waals surface area contributed by atoms with Gasteiger partial charge in [-0.1, -0.05) is 6.58 Å². The molecule has 11 heavy (non-hydrogen) atoms. The van der Waals surface area contributed by atoms with Gasteiger partial charge < -0.3 is 5.73 Å². The fourth-order valence-corrected chi connectivity index (χ4v) is 0.341. The molecule has 0 spiro atoms. The molecule has 0 heterocycles. The van der Waals surface area contributed by atoms with E-state index in [2.05, 4.69) is 17.3 Å². The Bertz CT molecular complexity index is 236. The highest BCUT2D eigenvalue weighted by Gasteiger charge is 1.85. The minimum Gasteiger partial charge on any atom is -0.402 e. The van der Waals surface area contributed by atoms with Crippen LogP contribution in [0.4, 0.5) is 0 Å². The Balaban J connectivity index is 4.39. The van der Waals surface area contributed by atoms with Crippen molar-refractivity contribution in [3.05, 3.63) is 29.3 Å². The number of rotatable bonds is 2. The van der Waals surface area contributed by atoms with E-state index < -0.39 is 0 Å². The van der Waals surface area contributed by atoms with E-state index in [9.17, 15) is 0 Å². The molecule has 0 fully saturated rings. The van der Waals surface area contributed by atoms with E-state index in [1.165, 1.54) is 0 Å². The Morgan fingerprint density at radius 3 is 2.36 bits per heavy atom. The first-order valence-corrected chi connectivity index (χ1v) is 3.41. The van der Waals surface area contributed by atoms with Gasteiger partial charge in [0.25, 0.3) is 0 Å². The van der Waals surface area contributed by atoms with E-state index >= 15 is 0 Å². The van der Waals surface area contributed by atoms with E-state index in [1.54, 1.807) is 6.21 Å². The number of nitrogens with two attached hydrogens (primary N) is 1. The third kappa shape index (κ3) is 4.18. The molecule has 0 atom stereocenters. The quantitative estimate of drug-likeness (QED) is 0.474. The van der Waals surface area contributed by atoms with Crippen molar-refractivity contribution in [3.8, 4) is 0 Å². The van der Waals surface area contributed by atoms with Crippen LogP contribution in [0.1, 0.15) is 20.8 Å². The van der Waals surface area contributed by atoms with Crippen LogP contribution in [0.25, 0.3) is 0 Å². The molecule has 0 bridgehead atoms. The molecule has 2 heteroatoms. The van der Waals surface area contributed by atoms with Crippen molar-refractivity contribution in [3.63, 3.8) is 0 Å². The van der Waals surface area contributed by atoms with Gasteiger partial charge in [-0.3, -0.25) is 4.99 Å². The lowest BCUT2D eigenvalue weighted by Crippen LogP contribution is -1.96. The molecular formula is C9H14N2. The standard InChI is InChI=1S/C9H14N2/c1-5-8(3)11-6-7(2)9(4)10/h6H,1,10H2,2-4H3/b9-7+,11-6?. The molecule has 0 aromatic rings. The lowest BCUT2D eigenvalue weighted by atomic mass is 10.3. The van der Waals surface area contributed by atoms with Gasteiger partial charge in [0.2, 0.25) is 0 Å². The largest absolute Gasteiger partial charge is 0.402 e. The first-order valence-electron chi connectivity index (χ1n) is 3.41. The molecule has 0 rings (SSSR count). The van der Waals surface area contributed by atoms with Gasteiger partial charge in [-0.15, -0.1) is 5.73 Å². The molecule has 60 valence electrons. The summed E-state index contributed by atoms with van der Waals surface area (Å²) in [4.78, 5) is 4.04. The van der Waals surface area contributed by atoms with Crippen LogP contribution in [0, 0.1) is 0 Å². The lowest BCUT2D eigenvalue weighted by Gasteiger charge is -1.93. The molecule has 0 saturated carbocycles. The van der Waals surface area contributed by atoms with Gasteiger partial charge in [-0.05, 0) is 26.3 Å². The summed E-state index contributed by atoms with van der Waals surface area (Å²) in [6.07, 6.45) is 1.71. The zero-order chi connectivity index (χ0) is 8.85. The summed E-state index contributed by atoms with van der Waals surface area (Å²) in [5.41, 5.74) is 10.7. The van der Waals surface area contributed by atoms with Crippen molar-refractivity contribution >= 4 is 6.21 Å². The Hall–Kier alpha value is -1.27. The van der Waals surface area contributed by atoms with Crippen molar-refractivity contribution < 1.29 is 0 Å². The zero-order valence-corrected chi connectivity index (χ0v) is 7.31. The minimum atomic E-state index is 0.769. The summed E-state index contributed by atoms with van der Waals surface area (Å²) >= 11 is 0. The van der Waals surface area contributed by atoms with Crippen LogP contribution in [0.5, 0.6) is 0 Å². The van der Waals surface area contributed by atoms with Crippen molar-refractivity contribution in [2.24, 2.45) is 10.7 Å². The lowest BCUT2D eigenvalue weighted by molar-refractivity contribution is 1.25. The maximum atomic E-state index is 5.51. The Morgan fingerprint density at radius 2 is 2.00 bits per heavy atom. The number of aliphatic imine (C=N–C) groups is 1. The van der Waals surface area contributed by atoms with Gasteiger partial charge >= 0.3 is 0 Å². The topological polar surface area (TPSA) is 38.4 Å². The highest BCUT2D eigenvalue weighted by atomic mass is 14.7. The third-order valence-corrected chi connectivity index (χ3v) is 1.33. The molecule has 0 saturated heterocycles. The van der Waals surface area contributed by atoms with Gasteiger partial charge in [0, 0.05) is 11.9 Å². The van der Waals surface area contributed by atoms with Gasteiger partial charge in [0.05, 0.1) is 5.70 Å².